The number of nitrogens with two attached hydrogens (primary N) is 1. The average molecular weight is 240 g/mol. The molecule has 6 heteroatoms. The molecule has 0 saturated heterocycles. The summed E-state index contributed by atoms with van der Waals surface area (Å²) in [5.74, 6) is -1.21. The first-order valence-corrected chi connectivity index (χ1v) is 5.39. The number of nitrogens with one attached hydrogen (secondary N) is 1. The maximum absolute atomic E-state index is 10.8. The van der Waals surface area contributed by atoms with Crippen LogP contribution in [0.2, 0.25) is 0 Å². The number of aliphatic carboxylic acids is 1. The van der Waals surface area contributed by atoms with Gasteiger partial charge in [-0.05, 0) is 24.3 Å². The Balaban J connectivity index is 2.64. The normalized spacial score (nSPS) is 11.9. The first-order valence-electron chi connectivity index (χ1n) is 4.52. The highest BCUT2D eigenvalue weighted by Crippen LogP contribution is 2.22. The Hall–Kier alpha value is -1.53. The van der Waals surface area contributed by atoms with Gasteiger partial charge < -0.3 is 16.2 Å². The Morgan fingerprint density at radius 1 is 1.38 bits per heavy atom. The first-order chi connectivity index (χ1) is 7.49. The summed E-state index contributed by atoms with van der Waals surface area (Å²) >= 11 is 1.04. The van der Waals surface area contributed by atoms with E-state index in [0.717, 1.165) is 16.7 Å². The lowest BCUT2D eigenvalue weighted by molar-refractivity contribution is -0.136. The van der Waals surface area contributed by atoms with Gasteiger partial charge in [-0.1, -0.05) is 11.8 Å². The second kappa shape index (κ2) is 5.53. The fourth-order valence-electron chi connectivity index (χ4n) is 1.02. The molecule has 1 aromatic carbocycles. The van der Waals surface area contributed by atoms with Crippen LogP contribution in [0.3, 0.4) is 0 Å². The zero-order valence-corrected chi connectivity index (χ0v) is 9.45. The van der Waals surface area contributed by atoms with E-state index in [2.05, 4.69) is 5.32 Å². The van der Waals surface area contributed by atoms with Gasteiger partial charge in [-0.25, -0.2) is 4.79 Å². The Morgan fingerprint density at radius 2 is 1.94 bits per heavy atom. The SMILES string of the molecule is CC(=O)Nc1ccc(SC(N)C(=O)O)cc1. The monoisotopic (exact) mass is 240 g/mol. The van der Waals surface area contributed by atoms with E-state index in [1.54, 1.807) is 24.3 Å². The Kier molecular flexibility index (Phi) is 4.33. The van der Waals surface area contributed by atoms with E-state index in [0.29, 0.717) is 5.69 Å². The summed E-state index contributed by atoms with van der Waals surface area (Å²) in [5, 5.41) is 10.2. The van der Waals surface area contributed by atoms with E-state index >= 15 is 0 Å². The van der Waals surface area contributed by atoms with Crippen molar-refractivity contribution < 1.29 is 14.7 Å². The summed E-state index contributed by atoms with van der Waals surface area (Å²) in [5.41, 5.74) is 6.03. The second-order valence-corrected chi connectivity index (χ2v) is 4.30. The topological polar surface area (TPSA) is 92.4 Å². The molecule has 0 heterocycles. The van der Waals surface area contributed by atoms with Crippen LogP contribution < -0.4 is 11.1 Å². The summed E-state index contributed by atoms with van der Waals surface area (Å²) in [6.07, 6.45) is 0. The predicted molar refractivity (Wildman–Crippen MR) is 62.2 cm³/mol. The van der Waals surface area contributed by atoms with Crippen LogP contribution >= 0.6 is 11.8 Å². The molecule has 1 atom stereocenters. The van der Waals surface area contributed by atoms with Gasteiger partial charge in [0.05, 0.1) is 0 Å². The largest absolute Gasteiger partial charge is 0.479 e. The number of amides is 1. The van der Waals surface area contributed by atoms with Gasteiger partial charge >= 0.3 is 5.97 Å². The minimum atomic E-state index is -1.06. The number of carbonyl (C=O) groups is 2. The number of benzene rings is 1. The number of thioether (sulfide) groups is 1. The highest BCUT2D eigenvalue weighted by Gasteiger charge is 2.12. The molecule has 5 nitrogen and oxygen atoms in total. The number of carboxylic acids is 1. The zero-order chi connectivity index (χ0) is 12.1. The number of hydrogen-bond donors (Lipinski definition) is 3. The summed E-state index contributed by atoms with van der Waals surface area (Å²) in [6.45, 7) is 1.42. The molecule has 16 heavy (non-hydrogen) atoms. The molecule has 0 spiro atoms. The predicted octanol–water partition coefficient (Wildman–Crippen LogP) is 1.11. The van der Waals surface area contributed by atoms with E-state index in [-0.39, 0.29) is 5.91 Å². The molecular weight excluding hydrogens is 228 g/mol. The molecule has 0 aliphatic heterocycles. The van der Waals surface area contributed by atoms with Crippen LogP contribution in [0.25, 0.3) is 0 Å². The van der Waals surface area contributed by atoms with Crippen LogP contribution in [0.5, 0.6) is 0 Å². The lowest BCUT2D eigenvalue weighted by Crippen LogP contribution is -2.25. The Bertz CT molecular complexity index is 392. The fourth-order valence-corrected chi connectivity index (χ4v) is 1.70. The molecular formula is C10H12N2O3S. The number of rotatable bonds is 4. The standard InChI is InChI=1S/C10H12N2O3S/c1-6(13)12-7-2-4-8(5-3-7)16-9(11)10(14)15/h2-5,9H,11H2,1H3,(H,12,13)(H,14,15). The van der Waals surface area contributed by atoms with Crippen LogP contribution in [-0.4, -0.2) is 22.4 Å². The van der Waals surface area contributed by atoms with Crippen molar-refractivity contribution in [2.45, 2.75) is 17.2 Å². The van der Waals surface area contributed by atoms with Gasteiger partial charge in [-0.2, -0.15) is 0 Å². The van der Waals surface area contributed by atoms with Crippen molar-refractivity contribution in [3.8, 4) is 0 Å². The molecule has 86 valence electrons. The highest BCUT2D eigenvalue weighted by molar-refractivity contribution is 8.00. The van der Waals surface area contributed by atoms with Crippen molar-refractivity contribution in [3.05, 3.63) is 24.3 Å². The minimum absolute atomic E-state index is 0.150. The molecule has 0 aliphatic rings. The molecule has 0 bridgehead atoms. The summed E-state index contributed by atoms with van der Waals surface area (Å²) in [4.78, 5) is 22.0. The molecule has 1 aromatic rings. The third-order valence-corrected chi connectivity index (χ3v) is 2.68. The Labute approximate surface area is 97.0 Å². The van der Waals surface area contributed by atoms with Gasteiger partial charge in [0.1, 0.15) is 0 Å². The molecule has 0 saturated carbocycles. The third-order valence-electron chi connectivity index (χ3n) is 1.68. The highest BCUT2D eigenvalue weighted by atomic mass is 32.2. The van der Waals surface area contributed by atoms with Gasteiger partial charge in [0.25, 0.3) is 0 Å². The van der Waals surface area contributed by atoms with Crippen molar-refractivity contribution in [3.63, 3.8) is 0 Å². The second-order valence-electron chi connectivity index (χ2n) is 3.08. The lowest BCUT2D eigenvalue weighted by Gasteiger charge is -2.07. The fraction of sp³-hybridized carbons (Fsp3) is 0.200. The lowest BCUT2D eigenvalue weighted by atomic mass is 10.3. The van der Waals surface area contributed by atoms with Crippen molar-refractivity contribution in [1.29, 1.82) is 0 Å². The van der Waals surface area contributed by atoms with Gasteiger partial charge in [-0.15, -0.1) is 0 Å². The zero-order valence-electron chi connectivity index (χ0n) is 8.64. The molecule has 1 unspecified atom stereocenters. The van der Waals surface area contributed by atoms with Crippen LogP contribution in [-0.2, 0) is 9.59 Å². The van der Waals surface area contributed by atoms with Crippen LogP contribution in [0.15, 0.2) is 29.2 Å². The molecule has 1 amide bonds. The molecule has 0 aliphatic carbocycles. The van der Waals surface area contributed by atoms with Crippen molar-refractivity contribution in [1.82, 2.24) is 0 Å². The first kappa shape index (κ1) is 12.5. The van der Waals surface area contributed by atoms with Crippen LogP contribution in [0.1, 0.15) is 6.92 Å². The van der Waals surface area contributed by atoms with Crippen LogP contribution in [0, 0.1) is 0 Å². The van der Waals surface area contributed by atoms with Gasteiger partial charge in [0, 0.05) is 17.5 Å². The van der Waals surface area contributed by atoms with Gasteiger partial charge in [0.15, 0.2) is 5.37 Å². The van der Waals surface area contributed by atoms with Gasteiger partial charge in [0.2, 0.25) is 5.91 Å². The molecule has 0 radical (unpaired) electrons. The number of carboxylic acid groups (broad SMARTS) is 1. The third kappa shape index (κ3) is 3.92. The number of hydrogen-bond acceptors (Lipinski definition) is 4. The quantitative estimate of drug-likeness (QED) is 0.541. The van der Waals surface area contributed by atoms with E-state index in [1.165, 1.54) is 6.92 Å². The maximum atomic E-state index is 10.8. The number of anilines is 1. The van der Waals surface area contributed by atoms with Gasteiger partial charge in [-0.3, -0.25) is 4.79 Å². The average Bonchev–Trinajstić information content (AvgIpc) is 2.20. The van der Waals surface area contributed by atoms with E-state index in [9.17, 15) is 9.59 Å². The van der Waals surface area contributed by atoms with E-state index in [4.69, 9.17) is 10.8 Å². The van der Waals surface area contributed by atoms with E-state index in [1.807, 2.05) is 0 Å². The minimum Gasteiger partial charge on any atom is -0.479 e. The number of carbonyl (C=O) groups excluding carboxylic acids is 1. The molecule has 0 aromatic heterocycles. The summed E-state index contributed by atoms with van der Waals surface area (Å²) in [6, 6.07) is 6.80. The molecule has 0 fully saturated rings. The molecule has 1 rings (SSSR count). The molecule has 4 N–H and O–H groups in total. The van der Waals surface area contributed by atoms with Crippen LogP contribution in [0.4, 0.5) is 5.69 Å². The van der Waals surface area contributed by atoms with Crippen molar-refractivity contribution in [2.75, 3.05) is 5.32 Å². The maximum Gasteiger partial charge on any atom is 0.331 e. The Morgan fingerprint density at radius 3 is 2.38 bits per heavy atom. The summed E-state index contributed by atoms with van der Waals surface area (Å²) < 4.78 is 0. The smallest absolute Gasteiger partial charge is 0.331 e. The van der Waals surface area contributed by atoms with Crippen molar-refractivity contribution in [2.24, 2.45) is 5.73 Å². The summed E-state index contributed by atoms with van der Waals surface area (Å²) in [7, 11) is 0. The van der Waals surface area contributed by atoms with E-state index < -0.39 is 11.3 Å². The van der Waals surface area contributed by atoms with Crippen molar-refractivity contribution >= 4 is 29.3 Å².